The molecule has 0 spiro atoms. The number of carbonyl (C=O) groups is 2. The maximum atomic E-state index is 11.8. The normalized spacial score (nSPS) is 22.0. The first kappa shape index (κ1) is 14.3. The number of hydrogen-bond acceptors (Lipinski definition) is 3. The van der Waals surface area contributed by atoms with Gasteiger partial charge in [0.2, 0.25) is 0 Å². The number of nitrogens with one attached hydrogen (secondary N) is 2. The molecular weight excluding hydrogens is 258 g/mol. The van der Waals surface area contributed by atoms with Gasteiger partial charge in [-0.3, -0.25) is 9.78 Å². The number of amides is 2. The molecule has 1 aliphatic carbocycles. The van der Waals surface area contributed by atoms with Crippen molar-refractivity contribution in [1.82, 2.24) is 15.6 Å². The van der Waals surface area contributed by atoms with E-state index in [0.29, 0.717) is 19.4 Å². The summed E-state index contributed by atoms with van der Waals surface area (Å²) >= 11 is 0. The molecule has 2 rings (SSSR count). The Hall–Kier alpha value is -2.11. The van der Waals surface area contributed by atoms with Crippen LogP contribution in [0.2, 0.25) is 0 Å². The van der Waals surface area contributed by atoms with Crippen LogP contribution in [0.15, 0.2) is 24.5 Å². The number of carboxylic acid groups (broad SMARTS) is 1. The maximum absolute atomic E-state index is 11.8. The van der Waals surface area contributed by atoms with E-state index in [9.17, 15) is 9.59 Å². The lowest BCUT2D eigenvalue weighted by atomic mass is 9.86. The number of pyridine rings is 1. The minimum absolute atomic E-state index is 0.0567. The topological polar surface area (TPSA) is 91.3 Å². The van der Waals surface area contributed by atoms with Crippen LogP contribution in [-0.4, -0.2) is 28.1 Å². The van der Waals surface area contributed by atoms with E-state index in [1.165, 1.54) is 0 Å². The Morgan fingerprint density at radius 1 is 1.40 bits per heavy atom. The van der Waals surface area contributed by atoms with E-state index in [1.807, 2.05) is 12.1 Å². The lowest BCUT2D eigenvalue weighted by Gasteiger charge is -2.27. The largest absolute Gasteiger partial charge is 0.481 e. The molecule has 1 aliphatic rings. The first-order valence-corrected chi connectivity index (χ1v) is 6.81. The summed E-state index contributed by atoms with van der Waals surface area (Å²) in [6.45, 7) is 0.411. The Balaban J connectivity index is 1.75. The van der Waals surface area contributed by atoms with Crippen LogP contribution in [0.4, 0.5) is 4.79 Å². The number of carbonyl (C=O) groups excluding carboxylic acids is 1. The highest BCUT2D eigenvalue weighted by atomic mass is 16.4. The molecule has 1 aromatic heterocycles. The molecule has 0 radical (unpaired) electrons. The van der Waals surface area contributed by atoms with E-state index in [4.69, 9.17) is 5.11 Å². The second-order valence-electron chi connectivity index (χ2n) is 5.09. The van der Waals surface area contributed by atoms with Crippen molar-refractivity contribution in [2.45, 2.75) is 38.3 Å². The van der Waals surface area contributed by atoms with E-state index in [-0.39, 0.29) is 18.0 Å². The molecule has 1 saturated carbocycles. The molecule has 2 amide bonds. The van der Waals surface area contributed by atoms with Crippen LogP contribution in [0, 0.1) is 5.92 Å². The van der Waals surface area contributed by atoms with Gasteiger partial charge in [-0.15, -0.1) is 0 Å². The summed E-state index contributed by atoms with van der Waals surface area (Å²) in [6, 6.07) is 3.38. The number of hydrogen-bond donors (Lipinski definition) is 3. The molecule has 20 heavy (non-hydrogen) atoms. The third kappa shape index (κ3) is 4.22. The zero-order valence-electron chi connectivity index (χ0n) is 11.2. The standard InChI is InChI=1S/C14H19N3O3/c18-13(19)11-4-1-5-12(7-11)17-14(20)16-9-10-3-2-6-15-8-10/h2-3,6,8,11-12H,1,4-5,7,9H2,(H,18,19)(H2,16,17,20). The Morgan fingerprint density at radius 3 is 2.95 bits per heavy atom. The lowest BCUT2D eigenvalue weighted by Crippen LogP contribution is -2.44. The fourth-order valence-corrected chi connectivity index (χ4v) is 2.47. The molecule has 2 unspecified atom stereocenters. The first-order valence-electron chi connectivity index (χ1n) is 6.81. The minimum Gasteiger partial charge on any atom is -0.481 e. The number of rotatable bonds is 4. The quantitative estimate of drug-likeness (QED) is 0.778. The molecule has 1 aromatic rings. The van der Waals surface area contributed by atoms with Crippen LogP contribution >= 0.6 is 0 Å². The first-order chi connectivity index (χ1) is 9.65. The van der Waals surface area contributed by atoms with E-state index in [0.717, 1.165) is 18.4 Å². The van der Waals surface area contributed by atoms with Crippen molar-refractivity contribution < 1.29 is 14.7 Å². The van der Waals surface area contributed by atoms with Crippen LogP contribution in [-0.2, 0) is 11.3 Å². The van der Waals surface area contributed by atoms with Crippen molar-refractivity contribution in [2.75, 3.05) is 0 Å². The van der Waals surface area contributed by atoms with Gasteiger partial charge in [-0.05, 0) is 30.9 Å². The highest BCUT2D eigenvalue weighted by molar-refractivity contribution is 5.74. The third-order valence-corrected chi connectivity index (χ3v) is 3.53. The maximum Gasteiger partial charge on any atom is 0.315 e. The molecular formula is C14H19N3O3. The van der Waals surface area contributed by atoms with Crippen LogP contribution in [0.3, 0.4) is 0 Å². The number of aromatic nitrogens is 1. The predicted octanol–water partition coefficient (Wildman–Crippen LogP) is 1.52. The van der Waals surface area contributed by atoms with Gasteiger partial charge in [0.15, 0.2) is 0 Å². The Morgan fingerprint density at radius 2 is 2.25 bits per heavy atom. The second-order valence-corrected chi connectivity index (χ2v) is 5.09. The van der Waals surface area contributed by atoms with Crippen molar-refractivity contribution in [3.8, 4) is 0 Å². The molecule has 0 bridgehead atoms. The summed E-state index contributed by atoms with van der Waals surface area (Å²) in [5.74, 6) is -1.11. The van der Waals surface area contributed by atoms with Crippen molar-refractivity contribution >= 4 is 12.0 Å². The van der Waals surface area contributed by atoms with Crippen LogP contribution in [0.25, 0.3) is 0 Å². The zero-order chi connectivity index (χ0) is 14.4. The van der Waals surface area contributed by atoms with Crippen LogP contribution < -0.4 is 10.6 Å². The van der Waals surface area contributed by atoms with Gasteiger partial charge in [0.25, 0.3) is 0 Å². The van der Waals surface area contributed by atoms with Crippen molar-refractivity contribution in [2.24, 2.45) is 5.92 Å². The Kier molecular flexibility index (Phi) is 4.92. The SMILES string of the molecule is O=C(NCc1cccnc1)NC1CCCC(C(=O)O)C1. The van der Waals surface area contributed by atoms with E-state index in [2.05, 4.69) is 15.6 Å². The summed E-state index contributed by atoms with van der Waals surface area (Å²) < 4.78 is 0. The van der Waals surface area contributed by atoms with Gasteiger partial charge in [-0.2, -0.15) is 0 Å². The summed E-state index contributed by atoms with van der Waals surface area (Å²) in [5.41, 5.74) is 0.926. The van der Waals surface area contributed by atoms with Crippen molar-refractivity contribution in [1.29, 1.82) is 0 Å². The molecule has 2 atom stereocenters. The Labute approximate surface area is 117 Å². The number of urea groups is 1. The molecule has 108 valence electrons. The van der Waals surface area contributed by atoms with Crippen LogP contribution in [0.5, 0.6) is 0 Å². The second kappa shape index (κ2) is 6.88. The monoisotopic (exact) mass is 277 g/mol. The molecule has 6 nitrogen and oxygen atoms in total. The van der Waals surface area contributed by atoms with Gasteiger partial charge >= 0.3 is 12.0 Å². The van der Waals surface area contributed by atoms with Gasteiger partial charge < -0.3 is 15.7 Å². The number of carboxylic acids is 1. The smallest absolute Gasteiger partial charge is 0.315 e. The molecule has 0 saturated heterocycles. The Bertz CT molecular complexity index is 464. The molecule has 6 heteroatoms. The summed E-state index contributed by atoms with van der Waals surface area (Å²) in [7, 11) is 0. The molecule has 0 aliphatic heterocycles. The highest BCUT2D eigenvalue weighted by Crippen LogP contribution is 2.24. The van der Waals surface area contributed by atoms with Gasteiger partial charge in [-0.1, -0.05) is 12.5 Å². The van der Waals surface area contributed by atoms with Gasteiger partial charge in [0, 0.05) is 25.0 Å². The molecule has 1 heterocycles. The molecule has 3 N–H and O–H groups in total. The lowest BCUT2D eigenvalue weighted by molar-refractivity contribution is -0.143. The van der Waals surface area contributed by atoms with Crippen molar-refractivity contribution in [3.05, 3.63) is 30.1 Å². The van der Waals surface area contributed by atoms with Gasteiger partial charge in [0.05, 0.1) is 5.92 Å². The van der Waals surface area contributed by atoms with E-state index < -0.39 is 5.97 Å². The van der Waals surface area contributed by atoms with E-state index in [1.54, 1.807) is 12.4 Å². The fourth-order valence-electron chi connectivity index (χ4n) is 2.47. The average Bonchev–Trinajstić information content (AvgIpc) is 2.46. The summed E-state index contributed by atoms with van der Waals surface area (Å²) in [4.78, 5) is 26.7. The van der Waals surface area contributed by atoms with E-state index >= 15 is 0 Å². The minimum atomic E-state index is -0.771. The zero-order valence-corrected chi connectivity index (χ0v) is 11.2. The fraction of sp³-hybridized carbons (Fsp3) is 0.500. The third-order valence-electron chi connectivity index (χ3n) is 3.53. The van der Waals surface area contributed by atoms with Crippen LogP contribution in [0.1, 0.15) is 31.2 Å². The average molecular weight is 277 g/mol. The predicted molar refractivity (Wildman–Crippen MR) is 73.0 cm³/mol. The van der Waals surface area contributed by atoms with Gasteiger partial charge in [0.1, 0.15) is 0 Å². The number of aliphatic carboxylic acids is 1. The molecule has 1 fully saturated rings. The van der Waals surface area contributed by atoms with Gasteiger partial charge in [-0.25, -0.2) is 4.79 Å². The highest BCUT2D eigenvalue weighted by Gasteiger charge is 2.27. The summed E-state index contributed by atoms with van der Waals surface area (Å²) in [6.07, 6.45) is 6.26. The number of nitrogens with zero attached hydrogens (tertiary/aromatic N) is 1. The van der Waals surface area contributed by atoms with Crippen molar-refractivity contribution in [3.63, 3.8) is 0 Å². The summed E-state index contributed by atoms with van der Waals surface area (Å²) in [5, 5.41) is 14.6. The molecule has 0 aromatic carbocycles.